The first-order valence-corrected chi connectivity index (χ1v) is 6.55. The van der Waals surface area contributed by atoms with E-state index in [0.29, 0.717) is 0 Å². The summed E-state index contributed by atoms with van der Waals surface area (Å²) in [5.74, 6) is 0.870. The Morgan fingerprint density at radius 3 is 2.88 bits per heavy atom. The highest BCUT2D eigenvalue weighted by Gasteiger charge is 2.15. The Kier molecular flexibility index (Phi) is 6.28. The summed E-state index contributed by atoms with van der Waals surface area (Å²) in [5, 5.41) is 5.54. The number of nitrogens with zero attached hydrogens (tertiary/aromatic N) is 2. The van der Waals surface area contributed by atoms with Crippen LogP contribution >= 0.6 is 23.7 Å². The number of halogens is 1. The fourth-order valence-corrected chi connectivity index (χ4v) is 2.71. The molecular weight excluding hydrogens is 242 g/mol. The monoisotopic (exact) mass is 261 g/mol. The summed E-state index contributed by atoms with van der Waals surface area (Å²) in [6.45, 7) is 4.58. The third kappa shape index (κ3) is 4.37. The highest BCUT2D eigenvalue weighted by Crippen LogP contribution is 2.14. The second-order valence-corrected chi connectivity index (χ2v) is 5.09. The molecule has 0 unspecified atom stereocenters. The van der Waals surface area contributed by atoms with E-state index in [1.165, 1.54) is 38.2 Å². The lowest BCUT2D eigenvalue weighted by molar-refractivity contribution is 0.233. The minimum absolute atomic E-state index is 0. The zero-order valence-corrected chi connectivity index (χ0v) is 11.3. The van der Waals surface area contributed by atoms with Crippen LogP contribution in [0.25, 0.3) is 0 Å². The summed E-state index contributed by atoms with van der Waals surface area (Å²) < 4.78 is 0. The summed E-state index contributed by atoms with van der Waals surface area (Å²) in [6, 6.07) is 0. The van der Waals surface area contributed by atoms with Crippen LogP contribution < -0.4 is 5.32 Å². The molecule has 0 aliphatic carbocycles. The van der Waals surface area contributed by atoms with Gasteiger partial charge >= 0.3 is 0 Å². The minimum atomic E-state index is 0. The van der Waals surface area contributed by atoms with Crippen LogP contribution in [0.15, 0.2) is 10.9 Å². The summed E-state index contributed by atoms with van der Waals surface area (Å²) in [4.78, 5) is 6.71. The van der Waals surface area contributed by atoms with Crippen molar-refractivity contribution in [3.63, 3.8) is 0 Å². The van der Waals surface area contributed by atoms with Crippen molar-refractivity contribution >= 4 is 23.7 Å². The average molecular weight is 262 g/mol. The van der Waals surface area contributed by atoms with Crippen molar-refractivity contribution in [3.8, 4) is 0 Å². The first kappa shape index (κ1) is 13.9. The van der Waals surface area contributed by atoms with Gasteiger partial charge in [0.2, 0.25) is 0 Å². The van der Waals surface area contributed by atoms with Crippen molar-refractivity contribution in [3.05, 3.63) is 16.6 Å². The van der Waals surface area contributed by atoms with Crippen molar-refractivity contribution in [2.75, 3.05) is 26.7 Å². The van der Waals surface area contributed by atoms with Gasteiger partial charge in [-0.15, -0.1) is 23.7 Å². The third-order valence-corrected chi connectivity index (χ3v) is 3.58. The van der Waals surface area contributed by atoms with Crippen molar-refractivity contribution in [2.24, 2.45) is 5.92 Å². The van der Waals surface area contributed by atoms with Crippen LogP contribution in [0.5, 0.6) is 0 Å². The smallest absolute Gasteiger partial charge is 0.0795 e. The molecule has 3 nitrogen and oxygen atoms in total. The molecule has 1 aliphatic rings. The molecule has 0 bridgehead atoms. The van der Waals surface area contributed by atoms with Crippen LogP contribution in [-0.2, 0) is 6.54 Å². The van der Waals surface area contributed by atoms with E-state index >= 15 is 0 Å². The van der Waals surface area contributed by atoms with Gasteiger partial charge in [-0.1, -0.05) is 0 Å². The second-order valence-electron chi connectivity index (χ2n) is 4.37. The van der Waals surface area contributed by atoms with E-state index in [4.69, 9.17) is 0 Å². The number of hydrogen-bond donors (Lipinski definition) is 1. The van der Waals surface area contributed by atoms with Gasteiger partial charge in [-0.3, -0.25) is 0 Å². The number of piperidine rings is 1. The predicted octanol–water partition coefficient (Wildman–Crippen LogP) is 2.00. The van der Waals surface area contributed by atoms with Gasteiger partial charge in [0.25, 0.3) is 0 Å². The Bertz CT molecular complexity index is 273. The van der Waals surface area contributed by atoms with Crippen LogP contribution in [0, 0.1) is 5.92 Å². The summed E-state index contributed by atoms with van der Waals surface area (Å²) in [5.41, 5.74) is 3.12. The number of nitrogens with one attached hydrogen (secondary N) is 1. The molecule has 92 valence electrons. The zero-order valence-electron chi connectivity index (χ0n) is 9.69. The molecule has 2 rings (SSSR count). The topological polar surface area (TPSA) is 28.2 Å². The van der Waals surface area contributed by atoms with Crippen molar-refractivity contribution in [1.82, 2.24) is 15.2 Å². The number of thiazole rings is 1. The minimum Gasteiger partial charge on any atom is -0.317 e. The number of hydrogen-bond acceptors (Lipinski definition) is 4. The van der Waals surface area contributed by atoms with Gasteiger partial charge in [-0.05, 0) is 38.9 Å². The van der Waals surface area contributed by atoms with Crippen LogP contribution in [-0.4, -0.2) is 36.6 Å². The Morgan fingerprint density at radius 2 is 2.25 bits per heavy atom. The van der Waals surface area contributed by atoms with Gasteiger partial charge in [0.05, 0.1) is 11.2 Å². The standard InChI is InChI=1S/C11H19N3S.ClH/c1-14(7-11-8-15-9-13-11)6-10-2-4-12-5-3-10;/h8-10,12H,2-7H2,1H3;1H. The maximum atomic E-state index is 4.31. The lowest BCUT2D eigenvalue weighted by Crippen LogP contribution is -2.34. The first-order valence-electron chi connectivity index (χ1n) is 5.61. The molecule has 1 N–H and O–H groups in total. The normalized spacial score (nSPS) is 17.4. The van der Waals surface area contributed by atoms with Crippen LogP contribution in [0.3, 0.4) is 0 Å². The molecule has 16 heavy (non-hydrogen) atoms. The maximum absolute atomic E-state index is 4.31. The fourth-order valence-electron chi connectivity index (χ4n) is 2.16. The van der Waals surface area contributed by atoms with Gasteiger partial charge in [0.15, 0.2) is 0 Å². The van der Waals surface area contributed by atoms with Crippen LogP contribution in [0.2, 0.25) is 0 Å². The van der Waals surface area contributed by atoms with Gasteiger partial charge in [-0.2, -0.15) is 0 Å². The summed E-state index contributed by atoms with van der Waals surface area (Å²) in [6.07, 6.45) is 2.64. The molecule has 0 spiro atoms. The average Bonchev–Trinajstić information content (AvgIpc) is 2.71. The highest BCUT2D eigenvalue weighted by atomic mass is 35.5. The van der Waals surface area contributed by atoms with Crippen LogP contribution in [0.1, 0.15) is 18.5 Å². The molecule has 0 saturated carbocycles. The Hall–Kier alpha value is -0.160. The SMILES string of the molecule is CN(Cc1cscn1)CC1CCNCC1.Cl. The number of rotatable bonds is 4. The van der Waals surface area contributed by atoms with Crippen LogP contribution in [0.4, 0.5) is 0 Å². The second kappa shape index (κ2) is 7.22. The Morgan fingerprint density at radius 1 is 1.50 bits per heavy atom. The van der Waals surface area contributed by atoms with E-state index < -0.39 is 0 Å². The lowest BCUT2D eigenvalue weighted by atomic mass is 9.98. The largest absolute Gasteiger partial charge is 0.317 e. The summed E-state index contributed by atoms with van der Waals surface area (Å²) in [7, 11) is 2.20. The Labute approximate surface area is 108 Å². The van der Waals surface area contributed by atoms with E-state index in [9.17, 15) is 0 Å². The van der Waals surface area contributed by atoms with Crippen molar-refractivity contribution in [2.45, 2.75) is 19.4 Å². The fraction of sp³-hybridized carbons (Fsp3) is 0.727. The van der Waals surface area contributed by atoms with E-state index in [1.807, 2.05) is 5.51 Å². The quantitative estimate of drug-likeness (QED) is 0.899. The molecule has 1 aromatic rings. The van der Waals surface area contributed by atoms with Gasteiger partial charge in [0, 0.05) is 18.5 Å². The molecule has 0 aromatic carbocycles. The van der Waals surface area contributed by atoms with E-state index in [2.05, 4.69) is 27.6 Å². The summed E-state index contributed by atoms with van der Waals surface area (Å²) >= 11 is 1.68. The van der Waals surface area contributed by atoms with E-state index in [-0.39, 0.29) is 12.4 Å². The number of aromatic nitrogens is 1. The molecule has 1 aliphatic heterocycles. The molecule has 1 saturated heterocycles. The molecule has 1 fully saturated rings. The molecule has 0 radical (unpaired) electrons. The van der Waals surface area contributed by atoms with Crippen molar-refractivity contribution in [1.29, 1.82) is 0 Å². The lowest BCUT2D eigenvalue weighted by Gasteiger charge is -2.27. The molecule has 5 heteroatoms. The molecule has 0 amide bonds. The first-order chi connectivity index (χ1) is 7.34. The van der Waals surface area contributed by atoms with Crippen molar-refractivity contribution < 1.29 is 0 Å². The Balaban J connectivity index is 0.00000128. The van der Waals surface area contributed by atoms with E-state index in [0.717, 1.165) is 12.5 Å². The molecular formula is C11H20ClN3S. The van der Waals surface area contributed by atoms with E-state index in [1.54, 1.807) is 11.3 Å². The molecule has 2 heterocycles. The maximum Gasteiger partial charge on any atom is 0.0795 e. The third-order valence-electron chi connectivity index (χ3n) is 2.94. The van der Waals surface area contributed by atoms with Gasteiger partial charge in [-0.25, -0.2) is 4.98 Å². The zero-order chi connectivity index (χ0) is 10.5. The van der Waals surface area contributed by atoms with Gasteiger partial charge in [0.1, 0.15) is 0 Å². The highest BCUT2D eigenvalue weighted by molar-refractivity contribution is 7.07. The molecule has 1 aromatic heterocycles. The van der Waals surface area contributed by atoms with Gasteiger partial charge < -0.3 is 10.2 Å². The predicted molar refractivity (Wildman–Crippen MR) is 71.3 cm³/mol. The molecule has 0 atom stereocenters.